The molecule has 0 spiro atoms. The molecule has 0 saturated carbocycles. The molecule has 13 heavy (non-hydrogen) atoms. The van der Waals surface area contributed by atoms with Crippen LogP contribution in [0.5, 0.6) is 5.75 Å². The molecular formula is C7H8N2O4. The van der Waals surface area contributed by atoms with Crippen molar-refractivity contribution in [1.82, 2.24) is 10.2 Å². The molecule has 0 aliphatic heterocycles. The summed E-state index contributed by atoms with van der Waals surface area (Å²) in [6, 6.07) is 0. The third-order valence-corrected chi connectivity index (χ3v) is 1.31. The molecule has 0 amide bonds. The second kappa shape index (κ2) is 3.70. The Morgan fingerprint density at radius 3 is 3.08 bits per heavy atom. The summed E-state index contributed by atoms with van der Waals surface area (Å²) in [5.41, 5.74) is -1.05. The van der Waals surface area contributed by atoms with Crippen LogP contribution in [0, 0.1) is 0 Å². The van der Waals surface area contributed by atoms with E-state index >= 15 is 0 Å². The van der Waals surface area contributed by atoms with Gasteiger partial charge in [0, 0.05) is 0 Å². The minimum Gasteiger partial charge on any atom is -0.502 e. The van der Waals surface area contributed by atoms with Crippen molar-refractivity contribution >= 4 is 5.97 Å². The Morgan fingerprint density at radius 2 is 2.46 bits per heavy atom. The van der Waals surface area contributed by atoms with Gasteiger partial charge in [0.15, 0.2) is 11.4 Å². The topological polar surface area (TPSA) is 92.3 Å². The van der Waals surface area contributed by atoms with E-state index in [0.29, 0.717) is 0 Å². The lowest BCUT2D eigenvalue weighted by atomic mass is 10.3. The van der Waals surface area contributed by atoms with Crippen molar-refractivity contribution in [3.8, 4) is 5.75 Å². The minimum absolute atomic E-state index is 0.162. The summed E-state index contributed by atoms with van der Waals surface area (Å²) in [6.07, 6.45) is 0.873. The van der Waals surface area contributed by atoms with E-state index in [-0.39, 0.29) is 12.3 Å². The fraction of sp³-hybridized carbons (Fsp3) is 0.286. The van der Waals surface area contributed by atoms with Gasteiger partial charge in [0.2, 0.25) is 5.43 Å². The normalized spacial score (nSPS) is 9.62. The van der Waals surface area contributed by atoms with Crippen LogP contribution in [0.4, 0.5) is 0 Å². The molecule has 0 aromatic carbocycles. The van der Waals surface area contributed by atoms with Gasteiger partial charge in [-0.25, -0.2) is 4.79 Å². The highest BCUT2D eigenvalue weighted by Gasteiger charge is 2.15. The second-order valence-electron chi connectivity index (χ2n) is 2.18. The molecule has 1 heterocycles. The van der Waals surface area contributed by atoms with Crippen LogP contribution in [0.3, 0.4) is 0 Å². The summed E-state index contributed by atoms with van der Waals surface area (Å²) in [5, 5.41) is 14.6. The van der Waals surface area contributed by atoms with E-state index in [9.17, 15) is 9.59 Å². The Labute approximate surface area is 73.2 Å². The highest BCUT2D eigenvalue weighted by molar-refractivity contribution is 5.89. The Balaban J connectivity index is 3.08. The lowest BCUT2D eigenvalue weighted by molar-refractivity contribution is 0.0514. The number of H-pyrrole nitrogens is 1. The predicted molar refractivity (Wildman–Crippen MR) is 42.5 cm³/mol. The van der Waals surface area contributed by atoms with Crippen LogP contribution in [-0.2, 0) is 4.74 Å². The number of aromatic nitrogens is 2. The van der Waals surface area contributed by atoms with Crippen molar-refractivity contribution in [2.24, 2.45) is 0 Å². The average molecular weight is 184 g/mol. The first-order chi connectivity index (χ1) is 6.16. The zero-order valence-corrected chi connectivity index (χ0v) is 6.90. The number of aromatic hydroxyl groups is 1. The molecule has 0 fully saturated rings. The zero-order valence-electron chi connectivity index (χ0n) is 6.90. The Hall–Kier alpha value is -1.85. The molecule has 70 valence electrons. The monoisotopic (exact) mass is 184 g/mol. The molecule has 0 radical (unpaired) electrons. The maximum atomic E-state index is 11.0. The van der Waals surface area contributed by atoms with Crippen LogP contribution in [0.2, 0.25) is 0 Å². The number of nitrogens with one attached hydrogen (secondary N) is 1. The lowest BCUT2D eigenvalue weighted by Gasteiger charge is -2.01. The first kappa shape index (κ1) is 9.24. The fourth-order valence-electron chi connectivity index (χ4n) is 0.738. The molecule has 1 rings (SSSR count). The van der Waals surface area contributed by atoms with Crippen LogP contribution in [0.25, 0.3) is 0 Å². The highest BCUT2D eigenvalue weighted by Crippen LogP contribution is 2.06. The van der Waals surface area contributed by atoms with Crippen LogP contribution in [0.1, 0.15) is 17.4 Å². The second-order valence-corrected chi connectivity index (χ2v) is 2.18. The number of nitrogens with zero attached hydrogens (tertiary/aromatic N) is 1. The molecular weight excluding hydrogens is 176 g/mol. The van der Waals surface area contributed by atoms with E-state index in [0.717, 1.165) is 6.20 Å². The Morgan fingerprint density at radius 1 is 1.77 bits per heavy atom. The van der Waals surface area contributed by atoms with Crippen molar-refractivity contribution in [1.29, 1.82) is 0 Å². The molecule has 0 unspecified atom stereocenters. The highest BCUT2D eigenvalue weighted by atomic mass is 16.5. The van der Waals surface area contributed by atoms with Crippen molar-refractivity contribution in [2.45, 2.75) is 6.92 Å². The van der Waals surface area contributed by atoms with E-state index in [1.54, 1.807) is 6.92 Å². The molecule has 6 heteroatoms. The lowest BCUT2D eigenvalue weighted by Crippen LogP contribution is -2.13. The van der Waals surface area contributed by atoms with E-state index in [1.165, 1.54) is 0 Å². The third-order valence-electron chi connectivity index (χ3n) is 1.31. The summed E-state index contributed by atoms with van der Waals surface area (Å²) >= 11 is 0. The molecule has 0 bridgehead atoms. The van der Waals surface area contributed by atoms with Crippen molar-refractivity contribution in [3.05, 3.63) is 22.1 Å². The van der Waals surface area contributed by atoms with Gasteiger partial charge in [0.25, 0.3) is 0 Å². The molecule has 0 aliphatic carbocycles. The van der Waals surface area contributed by atoms with Crippen LogP contribution in [-0.4, -0.2) is 27.9 Å². The minimum atomic E-state index is -0.801. The summed E-state index contributed by atoms with van der Waals surface area (Å²) in [6.45, 7) is 1.78. The van der Waals surface area contributed by atoms with Crippen molar-refractivity contribution < 1.29 is 14.6 Å². The first-order valence-electron chi connectivity index (χ1n) is 3.60. The Kier molecular flexibility index (Phi) is 2.63. The largest absolute Gasteiger partial charge is 0.502 e. The quantitative estimate of drug-likeness (QED) is 0.613. The first-order valence-corrected chi connectivity index (χ1v) is 3.60. The van der Waals surface area contributed by atoms with Crippen LogP contribution < -0.4 is 5.43 Å². The van der Waals surface area contributed by atoms with Gasteiger partial charge in [-0.15, -0.1) is 0 Å². The maximum absolute atomic E-state index is 11.0. The number of ether oxygens (including phenoxy) is 1. The number of hydrogen-bond acceptors (Lipinski definition) is 5. The summed E-state index contributed by atoms with van der Waals surface area (Å²) < 4.78 is 4.55. The van der Waals surface area contributed by atoms with Gasteiger partial charge in [-0.3, -0.25) is 9.89 Å². The predicted octanol–water partition coefficient (Wildman–Crippen LogP) is -0.348. The number of carbonyl (C=O) groups excluding carboxylic acids is 1. The van der Waals surface area contributed by atoms with Crippen molar-refractivity contribution in [2.75, 3.05) is 6.61 Å². The van der Waals surface area contributed by atoms with Gasteiger partial charge in [0.05, 0.1) is 12.8 Å². The molecule has 0 aliphatic rings. The van der Waals surface area contributed by atoms with Crippen LogP contribution in [0.15, 0.2) is 11.0 Å². The van der Waals surface area contributed by atoms with Gasteiger partial charge < -0.3 is 9.84 Å². The van der Waals surface area contributed by atoms with Gasteiger partial charge >= 0.3 is 5.97 Å². The van der Waals surface area contributed by atoms with Crippen molar-refractivity contribution in [3.63, 3.8) is 0 Å². The van der Waals surface area contributed by atoms with E-state index in [4.69, 9.17) is 5.11 Å². The molecule has 6 nitrogen and oxygen atoms in total. The van der Waals surface area contributed by atoms with Gasteiger partial charge in [-0.1, -0.05) is 0 Å². The molecule has 1 aromatic rings. The average Bonchev–Trinajstić information content (AvgIpc) is 2.10. The molecule has 1 aromatic heterocycles. The van der Waals surface area contributed by atoms with E-state index in [2.05, 4.69) is 14.9 Å². The van der Waals surface area contributed by atoms with Crippen LogP contribution >= 0.6 is 0 Å². The fourth-order valence-corrected chi connectivity index (χ4v) is 0.738. The number of rotatable bonds is 2. The molecule has 0 saturated heterocycles. The zero-order chi connectivity index (χ0) is 9.84. The number of aromatic amines is 1. The standard InChI is InChI=1S/C7H8N2O4/c1-2-13-7(12)5-6(11)4(10)3-8-9-5/h3H,2H2,1H3,(H,8,11)(H,9,10). The smallest absolute Gasteiger partial charge is 0.360 e. The SMILES string of the molecule is CCOC(=O)c1[nH]ncc(=O)c1O. The van der Waals surface area contributed by atoms with E-state index in [1.807, 2.05) is 0 Å². The van der Waals surface area contributed by atoms with Gasteiger partial charge in [-0.2, -0.15) is 5.10 Å². The third kappa shape index (κ3) is 1.84. The number of hydrogen-bond donors (Lipinski definition) is 2. The molecule has 0 atom stereocenters. The summed E-state index contributed by atoms with van der Waals surface area (Å²) in [7, 11) is 0. The Bertz CT molecular complexity index is 371. The number of esters is 1. The van der Waals surface area contributed by atoms with Gasteiger partial charge in [0.1, 0.15) is 0 Å². The van der Waals surface area contributed by atoms with E-state index < -0.39 is 17.1 Å². The number of carbonyl (C=O) groups is 1. The molecule has 2 N–H and O–H groups in total. The van der Waals surface area contributed by atoms with Gasteiger partial charge in [-0.05, 0) is 6.92 Å². The summed E-state index contributed by atoms with van der Waals surface area (Å²) in [4.78, 5) is 21.8. The summed E-state index contributed by atoms with van der Waals surface area (Å²) in [5.74, 6) is -1.47. The maximum Gasteiger partial charge on any atom is 0.360 e.